The molecule has 1 aromatic carbocycles. The SMILES string of the molecule is N[C@@H](CCC(=O)N1CCC2(CCCCc3ccccc3OCCCNC2=O)CC1)C(=O)O. The highest BCUT2D eigenvalue weighted by Crippen LogP contribution is 2.38. The molecule has 176 valence electrons. The zero-order valence-corrected chi connectivity index (χ0v) is 18.7. The van der Waals surface area contributed by atoms with Gasteiger partial charge in [0.15, 0.2) is 0 Å². The number of carbonyl (C=O) groups is 3. The van der Waals surface area contributed by atoms with Gasteiger partial charge in [-0.3, -0.25) is 14.4 Å². The number of ether oxygens (including phenoxy) is 1. The highest BCUT2D eigenvalue weighted by Gasteiger charge is 2.41. The van der Waals surface area contributed by atoms with Crippen molar-refractivity contribution in [1.29, 1.82) is 0 Å². The number of nitrogens with one attached hydrogen (secondary N) is 1. The van der Waals surface area contributed by atoms with Gasteiger partial charge in [0.05, 0.1) is 12.0 Å². The number of carboxylic acids is 1. The topological polar surface area (TPSA) is 122 Å². The molecule has 32 heavy (non-hydrogen) atoms. The first-order chi connectivity index (χ1) is 15.4. The number of hydrogen-bond acceptors (Lipinski definition) is 5. The maximum Gasteiger partial charge on any atom is 0.320 e. The Labute approximate surface area is 189 Å². The molecule has 1 fully saturated rings. The van der Waals surface area contributed by atoms with Crippen LogP contribution in [0.4, 0.5) is 0 Å². The lowest BCUT2D eigenvalue weighted by Gasteiger charge is -2.41. The van der Waals surface area contributed by atoms with Crippen LogP contribution in [0.2, 0.25) is 0 Å². The third-order valence-electron chi connectivity index (χ3n) is 6.73. The van der Waals surface area contributed by atoms with Crippen molar-refractivity contribution in [3.05, 3.63) is 29.8 Å². The number of carbonyl (C=O) groups excluding carboxylic acids is 2. The molecule has 0 unspecified atom stereocenters. The number of aryl methyl sites for hydroxylation is 1. The minimum absolute atomic E-state index is 0.0780. The molecular weight excluding hydrogens is 410 g/mol. The maximum atomic E-state index is 13.1. The van der Waals surface area contributed by atoms with Crippen LogP contribution >= 0.6 is 0 Å². The number of hydrogen-bond donors (Lipinski definition) is 3. The highest BCUT2D eigenvalue weighted by atomic mass is 16.5. The van der Waals surface area contributed by atoms with Crippen LogP contribution in [0, 0.1) is 5.41 Å². The van der Waals surface area contributed by atoms with Crippen molar-refractivity contribution in [2.75, 3.05) is 26.2 Å². The Morgan fingerprint density at radius 1 is 1.16 bits per heavy atom. The fraction of sp³-hybridized carbons (Fsp3) is 0.625. The fourth-order valence-electron chi connectivity index (χ4n) is 4.61. The van der Waals surface area contributed by atoms with E-state index in [4.69, 9.17) is 15.6 Å². The first-order valence-electron chi connectivity index (χ1n) is 11.7. The van der Waals surface area contributed by atoms with Crippen LogP contribution in [-0.4, -0.2) is 60.1 Å². The number of nitrogens with two attached hydrogens (primary N) is 1. The van der Waals surface area contributed by atoms with Gasteiger partial charge in [-0.15, -0.1) is 0 Å². The number of likely N-dealkylation sites (tertiary alicyclic amines) is 1. The van der Waals surface area contributed by atoms with E-state index in [-0.39, 0.29) is 24.7 Å². The van der Waals surface area contributed by atoms with Crippen LogP contribution < -0.4 is 15.8 Å². The molecule has 3 rings (SSSR count). The van der Waals surface area contributed by atoms with E-state index < -0.39 is 17.4 Å². The molecule has 1 saturated heterocycles. The largest absolute Gasteiger partial charge is 0.493 e. The van der Waals surface area contributed by atoms with Crippen LogP contribution in [0.1, 0.15) is 56.9 Å². The molecule has 0 aromatic heterocycles. The van der Waals surface area contributed by atoms with E-state index in [1.807, 2.05) is 18.2 Å². The van der Waals surface area contributed by atoms with Crippen molar-refractivity contribution in [3.63, 3.8) is 0 Å². The van der Waals surface area contributed by atoms with Crippen molar-refractivity contribution in [3.8, 4) is 5.75 Å². The molecule has 2 aliphatic heterocycles. The van der Waals surface area contributed by atoms with E-state index in [1.165, 1.54) is 5.56 Å². The summed E-state index contributed by atoms with van der Waals surface area (Å²) in [5, 5.41) is 12.0. The van der Waals surface area contributed by atoms with E-state index >= 15 is 0 Å². The summed E-state index contributed by atoms with van der Waals surface area (Å²) in [7, 11) is 0. The van der Waals surface area contributed by atoms with Crippen LogP contribution in [0.3, 0.4) is 0 Å². The summed E-state index contributed by atoms with van der Waals surface area (Å²) in [6.45, 7) is 2.16. The lowest BCUT2D eigenvalue weighted by Crippen LogP contribution is -2.50. The average molecular weight is 446 g/mol. The van der Waals surface area contributed by atoms with Gasteiger partial charge in [0.2, 0.25) is 11.8 Å². The summed E-state index contributed by atoms with van der Waals surface area (Å²) in [6.07, 6.45) is 5.87. The van der Waals surface area contributed by atoms with E-state index in [1.54, 1.807) is 4.90 Å². The van der Waals surface area contributed by atoms with Gasteiger partial charge in [0.25, 0.3) is 0 Å². The molecule has 1 atom stereocenters. The predicted molar refractivity (Wildman–Crippen MR) is 120 cm³/mol. The van der Waals surface area contributed by atoms with E-state index in [2.05, 4.69) is 11.4 Å². The van der Waals surface area contributed by atoms with Gasteiger partial charge in [-0.2, -0.15) is 0 Å². The lowest BCUT2D eigenvalue weighted by molar-refractivity contribution is -0.142. The monoisotopic (exact) mass is 445 g/mol. The molecule has 2 heterocycles. The number of amides is 2. The summed E-state index contributed by atoms with van der Waals surface area (Å²) in [6, 6.07) is 7.10. The summed E-state index contributed by atoms with van der Waals surface area (Å²) in [4.78, 5) is 38.3. The lowest BCUT2D eigenvalue weighted by atomic mass is 9.73. The third-order valence-corrected chi connectivity index (χ3v) is 6.73. The molecule has 0 aliphatic carbocycles. The van der Waals surface area contributed by atoms with Crippen LogP contribution in [-0.2, 0) is 20.8 Å². The van der Waals surface area contributed by atoms with E-state index in [9.17, 15) is 14.4 Å². The number of benzene rings is 1. The molecule has 1 spiro atoms. The van der Waals surface area contributed by atoms with Crippen LogP contribution in [0.15, 0.2) is 24.3 Å². The molecule has 8 nitrogen and oxygen atoms in total. The van der Waals surface area contributed by atoms with Crippen LogP contribution in [0.25, 0.3) is 0 Å². The standard InChI is InChI=1S/C24H35N3O5/c25-19(22(29)30)9-10-21(28)27-15-12-24(13-16-27)11-4-3-7-18-6-1-2-8-20(18)32-17-5-14-26-23(24)31/h1-2,6,8,19H,3-5,7,9-17,25H2,(H,26,31)(H,29,30)/t19-/m0/s1. The summed E-state index contributed by atoms with van der Waals surface area (Å²) in [5.74, 6) is -0.170. The Kier molecular flexibility index (Phi) is 8.50. The van der Waals surface area contributed by atoms with Gasteiger partial charge in [-0.05, 0) is 56.6 Å². The molecule has 0 radical (unpaired) electrons. The Hall–Kier alpha value is -2.61. The second kappa shape index (κ2) is 11.3. The summed E-state index contributed by atoms with van der Waals surface area (Å²) >= 11 is 0. The predicted octanol–water partition coefficient (Wildman–Crippen LogP) is 2.10. The molecule has 0 saturated carbocycles. The highest BCUT2D eigenvalue weighted by molar-refractivity contribution is 5.83. The quantitative estimate of drug-likeness (QED) is 0.652. The molecule has 1 aromatic rings. The smallest absolute Gasteiger partial charge is 0.320 e. The van der Waals surface area contributed by atoms with Crippen molar-refractivity contribution >= 4 is 17.8 Å². The maximum absolute atomic E-state index is 13.1. The first kappa shape index (κ1) is 24.0. The Balaban J connectivity index is 1.59. The van der Waals surface area contributed by atoms with Crippen molar-refractivity contribution in [1.82, 2.24) is 10.2 Å². The Morgan fingerprint density at radius 3 is 2.66 bits per heavy atom. The van der Waals surface area contributed by atoms with Crippen molar-refractivity contribution < 1.29 is 24.2 Å². The number of nitrogens with zero attached hydrogens (tertiary/aromatic N) is 1. The Morgan fingerprint density at radius 2 is 1.91 bits per heavy atom. The van der Waals surface area contributed by atoms with Gasteiger partial charge < -0.3 is 25.8 Å². The fourth-order valence-corrected chi connectivity index (χ4v) is 4.61. The number of fused-ring (bicyclic) bond motifs is 1. The van der Waals surface area contributed by atoms with Gasteiger partial charge in [-0.1, -0.05) is 24.6 Å². The second-order valence-electron chi connectivity index (χ2n) is 8.92. The number of carboxylic acid groups (broad SMARTS) is 1. The number of piperidine rings is 1. The number of aliphatic carboxylic acids is 1. The number of rotatable bonds is 4. The second-order valence-corrected chi connectivity index (χ2v) is 8.92. The molecular formula is C24H35N3O5. The molecule has 8 heteroatoms. The zero-order valence-electron chi connectivity index (χ0n) is 18.7. The van der Waals surface area contributed by atoms with E-state index in [0.717, 1.165) is 37.9 Å². The average Bonchev–Trinajstić information content (AvgIpc) is 2.81. The normalized spacial score (nSPS) is 20.5. The van der Waals surface area contributed by atoms with E-state index in [0.29, 0.717) is 39.1 Å². The summed E-state index contributed by atoms with van der Waals surface area (Å²) in [5.41, 5.74) is 6.27. The van der Waals surface area contributed by atoms with Crippen LogP contribution in [0.5, 0.6) is 5.75 Å². The third kappa shape index (κ3) is 6.22. The van der Waals surface area contributed by atoms with Gasteiger partial charge in [0.1, 0.15) is 11.8 Å². The Bertz CT molecular complexity index is 805. The zero-order chi connectivity index (χ0) is 23.0. The van der Waals surface area contributed by atoms with Crippen molar-refractivity contribution in [2.24, 2.45) is 11.1 Å². The van der Waals surface area contributed by atoms with Gasteiger partial charge in [0, 0.05) is 26.1 Å². The minimum Gasteiger partial charge on any atom is -0.493 e. The first-order valence-corrected chi connectivity index (χ1v) is 11.7. The summed E-state index contributed by atoms with van der Waals surface area (Å²) < 4.78 is 5.93. The number of para-hydroxylation sites is 1. The molecule has 2 aliphatic rings. The van der Waals surface area contributed by atoms with Crippen molar-refractivity contribution in [2.45, 2.75) is 63.8 Å². The minimum atomic E-state index is -1.09. The molecule has 0 bridgehead atoms. The van der Waals surface area contributed by atoms with Gasteiger partial charge >= 0.3 is 5.97 Å². The molecule has 2 amide bonds. The van der Waals surface area contributed by atoms with Gasteiger partial charge in [-0.25, -0.2) is 0 Å². The molecule has 4 N–H and O–H groups in total.